The number of rotatable bonds is 6. The molecule has 0 atom stereocenters. The van der Waals surface area contributed by atoms with E-state index in [1.54, 1.807) is 0 Å². The molecular formula is C24H26N6O4. The first-order chi connectivity index (χ1) is 16.5. The molecule has 1 saturated heterocycles. The molecule has 0 aliphatic carbocycles. The number of ether oxygens (including phenoxy) is 2. The van der Waals surface area contributed by atoms with Crippen molar-refractivity contribution in [2.24, 2.45) is 0 Å². The summed E-state index contributed by atoms with van der Waals surface area (Å²) in [7, 11) is 0. The lowest BCUT2D eigenvalue weighted by Gasteiger charge is -2.35. The number of anilines is 3. The summed E-state index contributed by atoms with van der Waals surface area (Å²) < 4.78 is 10.9. The molecule has 3 heterocycles. The van der Waals surface area contributed by atoms with Crippen LogP contribution in [0.3, 0.4) is 0 Å². The quantitative estimate of drug-likeness (QED) is 0.432. The number of hydrogen-bond donors (Lipinski definition) is 1. The zero-order valence-corrected chi connectivity index (χ0v) is 19.2. The molecular weight excluding hydrogens is 436 g/mol. The lowest BCUT2D eigenvalue weighted by atomic mass is 10.1. The van der Waals surface area contributed by atoms with Gasteiger partial charge in [-0.25, -0.2) is 9.97 Å². The third-order valence-corrected chi connectivity index (χ3v) is 6.15. The molecule has 176 valence electrons. The van der Waals surface area contributed by atoms with E-state index in [0.29, 0.717) is 18.9 Å². The van der Waals surface area contributed by atoms with Gasteiger partial charge in [0, 0.05) is 38.4 Å². The molecule has 3 aromatic rings. The van der Waals surface area contributed by atoms with Gasteiger partial charge in [-0.05, 0) is 48.7 Å². The molecule has 0 unspecified atom stereocenters. The minimum Gasteiger partial charge on any atom is -0.454 e. The average Bonchev–Trinajstić information content (AvgIpc) is 3.30. The first-order valence-electron chi connectivity index (χ1n) is 11.2. The van der Waals surface area contributed by atoms with Crippen molar-refractivity contribution in [1.82, 2.24) is 14.9 Å². The highest BCUT2D eigenvalue weighted by molar-refractivity contribution is 5.75. The molecule has 5 rings (SSSR count). The van der Waals surface area contributed by atoms with Gasteiger partial charge in [-0.1, -0.05) is 18.2 Å². The highest BCUT2D eigenvalue weighted by Gasteiger charge is 2.29. The highest BCUT2D eigenvalue weighted by Crippen LogP contribution is 2.35. The van der Waals surface area contributed by atoms with Gasteiger partial charge >= 0.3 is 5.69 Å². The maximum absolute atomic E-state index is 12.1. The lowest BCUT2D eigenvalue weighted by Crippen LogP contribution is -2.46. The third kappa shape index (κ3) is 4.44. The van der Waals surface area contributed by atoms with Crippen molar-refractivity contribution in [3.8, 4) is 11.5 Å². The van der Waals surface area contributed by atoms with Crippen molar-refractivity contribution >= 4 is 23.0 Å². The van der Waals surface area contributed by atoms with E-state index in [1.165, 1.54) is 6.33 Å². The van der Waals surface area contributed by atoms with E-state index < -0.39 is 4.92 Å². The fourth-order valence-corrected chi connectivity index (χ4v) is 4.27. The van der Waals surface area contributed by atoms with Crippen molar-refractivity contribution in [3.05, 3.63) is 69.5 Å². The van der Waals surface area contributed by atoms with Gasteiger partial charge in [-0.3, -0.25) is 15.0 Å². The van der Waals surface area contributed by atoms with Crippen LogP contribution in [0.5, 0.6) is 11.5 Å². The highest BCUT2D eigenvalue weighted by atomic mass is 16.7. The van der Waals surface area contributed by atoms with E-state index in [1.807, 2.05) is 55.1 Å². The van der Waals surface area contributed by atoms with Gasteiger partial charge in [0.2, 0.25) is 18.4 Å². The second-order valence-electron chi connectivity index (χ2n) is 8.55. The van der Waals surface area contributed by atoms with Crippen molar-refractivity contribution in [3.63, 3.8) is 0 Å². The van der Waals surface area contributed by atoms with Crippen molar-refractivity contribution in [2.75, 3.05) is 43.2 Å². The van der Waals surface area contributed by atoms with Crippen LogP contribution in [-0.4, -0.2) is 52.8 Å². The molecule has 1 N–H and O–H groups in total. The van der Waals surface area contributed by atoms with E-state index in [9.17, 15) is 10.1 Å². The van der Waals surface area contributed by atoms with Crippen LogP contribution in [0.25, 0.3) is 0 Å². The lowest BCUT2D eigenvalue weighted by molar-refractivity contribution is -0.383. The number of nitrogens with one attached hydrogen (secondary N) is 1. The molecule has 2 aliphatic rings. The Labute approximate surface area is 197 Å². The molecule has 34 heavy (non-hydrogen) atoms. The van der Waals surface area contributed by atoms with Crippen LogP contribution in [0, 0.1) is 24.0 Å². The first kappa shape index (κ1) is 21.9. The summed E-state index contributed by atoms with van der Waals surface area (Å²) in [4.78, 5) is 24.4. The van der Waals surface area contributed by atoms with Crippen molar-refractivity contribution < 1.29 is 14.4 Å². The molecule has 0 amide bonds. The molecule has 0 saturated carbocycles. The standard InChI is InChI=1S/C24H26N6O4/c1-16-3-4-17(2)19(11-16)27-23-22(30(31)32)24(26-14-25-23)29-9-7-28(8-10-29)13-18-5-6-20-21(12-18)34-15-33-20/h3-6,11-12,14H,7-10,13,15H2,1-2H3,(H,25,26,27). The van der Waals surface area contributed by atoms with Gasteiger partial charge < -0.3 is 19.7 Å². The minimum atomic E-state index is -0.401. The molecule has 2 aromatic carbocycles. The Morgan fingerprint density at radius 1 is 1.03 bits per heavy atom. The summed E-state index contributed by atoms with van der Waals surface area (Å²) in [5, 5.41) is 15.2. The topological polar surface area (TPSA) is 106 Å². The number of fused-ring (bicyclic) bond motifs is 1. The number of aromatic nitrogens is 2. The van der Waals surface area contributed by atoms with E-state index in [2.05, 4.69) is 20.2 Å². The van der Waals surface area contributed by atoms with Crippen LogP contribution in [0.15, 0.2) is 42.7 Å². The van der Waals surface area contributed by atoms with Gasteiger partial charge in [0.05, 0.1) is 4.92 Å². The van der Waals surface area contributed by atoms with Gasteiger partial charge in [0.25, 0.3) is 0 Å². The molecule has 1 fully saturated rings. The zero-order valence-electron chi connectivity index (χ0n) is 19.2. The molecule has 1 aromatic heterocycles. The van der Waals surface area contributed by atoms with Crippen LogP contribution in [0.4, 0.5) is 23.0 Å². The second kappa shape index (κ2) is 9.14. The van der Waals surface area contributed by atoms with Crippen LogP contribution in [-0.2, 0) is 6.54 Å². The van der Waals surface area contributed by atoms with Gasteiger partial charge in [0.1, 0.15) is 6.33 Å². The summed E-state index contributed by atoms with van der Waals surface area (Å²) in [6.07, 6.45) is 1.38. The molecule has 0 bridgehead atoms. The van der Waals surface area contributed by atoms with E-state index >= 15 is 0 Å². The summed E-state index contributed by atoms with van der Waals surface area (Å²) in [6, 6.07) is 11.9. The fraction of sp³-hybridized carbons (Fsp3) is 0.333. The fourth-order valence-electron chi connectivity index (χ4n) is 4.27. The largest absolute Gasteiger partial charge is 0.454 e. The van der Waals surface area contributed by atoms with Gasteiger partial charge in [0.15, 0.2) is 11.5 Å². The molecule has 2 aliphatic heterocycles. The number of piperazine rings is 1. The average molecular weight is 463 g/mol. The Balaban J connectivity index is 1.31. The zero-order chi connectivity index (χ0) is 23.7. The summed E-state index contributed by atoms with van der Waals surface area (Å²) >= 11 is 0. The SMILES string of the molecule is Cc1ccc(C)c(Nc2ncnc(N3CCN(Cc4ccc5c(c4)OCO5)CC3)c2[N+](=O)[O-])c1. The van der Waals surface area contributed by atoms with E-state index in [-0.39, 0.29) is 18.3 Å². The van der Waals surface area contributed by atoms with Crippen molar-refractivity contribution in [2.45, 2.75) is 20.4 Å². The first-order valence-corrected chi connectivity index (χ1v) is 11.2. The summed E-state index contributed by atoms with van der Waals surface area (Å²) in [5.74, 6) is 2.09. The maximum Gasteiger partial charge on any atom is 0.353 e. The molecule has 0 spiro atoms. The second-order valence-corrected chi connectivity index (χ2v) is 8.55. The molecule has 10 heteroatoms. The number of nitrogens with zero attached hydrogens (tertiary/aromatic N) is 5. The maximum atomic E-state index is 12.1. The molecule has 10 nitrogen and oxygen atoms in total. The number of aryl methyl sites for hydroxylation is 2. The van der Waals surface area contributed by atoms with Crippen LogP contribution < -0.4 is 19.7 Å². The third-order valence-electron chi connectivity index (χ3n) is 6.15. The Kier molecular flexibility index (Phi) is 5.89. The van der Waals surface area contributed by atoms with E-state index in [4.69, 9.17) is 9.47 Å². The smallest absolute Gasteiger partial charge is 0.353 e. The Bertz CT molecular complexity index is 1230. The van der Waals surface area contributed by atoms with Crippen LogP contribution >= 0.6 is 0 Å². The molecule has 0 radical (unpaired) electrons. The predicted octanol–water partition coefficient (Wildman–Crippen LogP) is 3.80. The Morgan fingerprint density at radius 2 is 1.82 bits per heavy atom. The summed E-state index contributed by atoms with van der Waals surface area (Å²) in [6.45, 7) is 7.75. The van der Waals surface area contributed by atoms with Gasteiger partial charge in [-0.2, -0.15) is 0 Å². The monoisotopic (exact) mass is 462 g/mol. The van der Waals surface area contributed by atoms with Crippen molar-refractivity contribution in [1.29, 1.82) is 0 Å². The normalized spacial score (nSPS) is 15.4. The number of hydrogen-bond acceptors (Lipinski definition) is 9. The minimum absolute atomic E-state index is 0.104. The number of nitro groups is 1. The predicted molar refractivity (Wildman–Crippen MR) is 128 cm³/mol. The van der Waals surface area contributed by atoms with Crippen LogP contribution in [0.1, 0.15) is 16.7 Å². The summed E-state index contributed by atoms with van der Waals surface area (Å²) in [5.41, 5.74) is 3.88. The van der Waals surface area contributed by atoms with E-state index in [0.717, 1.165) is 53.5 Å². The Hall–Kier alpha value is -3.92. The Morgan fingerprint density at radius 3 is 2.62 bits per heavy atom. The number of benzene rings is 2. The van der Waals surface area contributed by atoms with Crippen LogP contribution in [0.2, 0.25) is 0 Å². The van der Waals surface area contributed by atoms with Gasteiger partial charge in [-0.15, -0.1) is 0 Å².